The van der Waals surface area contributed by atoms with E-state index in [-0.39, 0.29) is 12.0 Å². The van der Waals surface area contributed by atoms with Crippen LogP contribution in [-0.4, -0.2) is 57.1 Å². The summed E-state index contributed by atoms with van der Waals surface area (Å²) >= 11 is 0. The second kappa shape index (κ2) is 11.6. The predicted molar refractivity (Wildman–Crippen MR) is 124 cm³/mol. The number of hydrogen-bond donors (Lipinski definition) is 3. The summed E-state index contributed by atoms with van der Waals surface area (Å²) in [4.78, 5) is 7.22. The van der Waals surface area contributed by atoms with Gasteiger partial charge in [-0.15, -0.1) is 0 Å². The van der Waals surface area contributed by atoms with Crippen molar-refractivity contribution in [3.8, 4) is 0 Å². The van der Waals surface area contributed by atoms with Crippen LogP contribution in [0.1, 0.15) is 57.4 Å². The number of ether oxygens (including phenoxy) is 1. The first kappa shape index (κ1) is 22.9. The summed E-state index contributed by atoms with van der Waals surface area (Å²) in [6, 6.07) is 9.52. The van der Waals surface area contributed by atoms with E-state index < -0.39 is 0 Å². The molecule has 1 heterocycles. The molecule has 1 aromatic carbocycles. The second-order valence-electron chi connectivity index (χ2n) is 8.89. The lowest BCUT2D eigenvalue weighted by Gasteiger charge is -2.33. The van der Waals surface area contributed by atoms with Crippen molar-refractivity contribution in [3.63, 3.8) is 0 Å². The number of anilines is 1. The van der Waals surface area contributed by atoms with E-state index >= 15 is 0 Å². The Labute approximate surface area is 182 Å². The lowest BCUT2D eigenvalue weighted by Crippen LogP contribution is -2.44. The lowest BCUT2D eigenvalue weighted by molar-refractivity contribution is 0.127. The molecule has 30 heavy (non-hydrogen) atoms. The smallest absolute Gasteiger partial charge is 0.191 e. The Hall–Kier alpha value is -1.79. The molecule has 2 aliphatic rings. The maximum Gasteiger partial charge on any atom is 0.191 e. The van der Waals surface area contributed by atoms with E-state index in [1.165, 1.54) is 43.4 Å². The van der Waals surface area contributed by atoms with Crippen LogP contribution in [-0.2, 0) is 11.3 Å². The molecule has 1 aromatic rings. The number of nitrogens with zero attached hydrogens (tertiary/aromatic N) is 2. The number of benzene rings is 1. The highest BCUT2D eigenvalue weighted by molar-refractivity contribution is 5.79. The predicted octanol–water partition coefficient (Wildman–Crippen LogP) is 3.30. The third-order valence-electron chi connectivity index (χ3n) is 6.69. The molecule has 1 saturated heterocycles. The largest absolute Gasteiger partial charge is 0.396 e. The van der Waals surface area contributed by atoms with Gasteiger partial charge in [0.1, 0.15) is 0 Å². The molecule has 1 unspecified atom stereocenters. The Morgan fingerprint density at radius 3 is 2.60 bits per heavy atom. The van der Waals surface area contributed by atoms with Crippen molar-refractivity contribution in [3.05, 3.63) is 29.8 Å². The summed E-state index contributed by atoms with van der Waals surface area (Å²) in [7, 11) is 2.23. The molecule has 1 aliphatic carbocycles. The fraction of sp³-hybridized carbons (Fsp3) is 0.708. The second-order valence-corrected chi connectivity index (χ2v) is 8.89. The topological polar surface area (TPSA) is 69.1 Å². The molecule has 1 aliphatic heterocycles. The van der Waals surface area contributed by atoms with E-state index in [0.717, 1.165) is 38.5 Å². The van der Waals surface area contributed by atoms with E-state index in [0.29, 0.717) is 19.2 Å². The Bertz CT molecular complexity index is 650. The zero-order chi connectivity index (χ0) is 21.2. The molecule has 168 valence electrons. The number of guanidine groups is 1. The van der Waals surface area contributed by atoms with E-state index in [1.807, 2.05) is 0 Å². The Balaban J connectivity index is 1.56. The molecule has 3 rings (SSSR count). The summed E-state index contributed by atoms with van der Waals surface area (Å²) < 4.78 is 5.59. The lowest BCUT2D eigenvalue weighted by atomic mass is 9.84. The van der Waals surface area contributed by atoms with Gasteiger partial charge < -0.3 is 25.4 Å². The molecule has 6 heteroatoms. The minimum Gasteiger partial charge on any atom is -0.396 e. The van der Waals surface area contributed by atoms with Crippen LogP contribution in [0.3, 0.4) is 0 Å². The van der Waals surface area contributed by atoms with Gasteiger partial charge in [-0.2, -0.15) is 0 Å². The van der Waals surface area contributed by atoms with E-state index in [4.69, 9.17) is 9.73 Å². The first-order valence-electron chi connectivity index (χ1n) is 11.7. The van der Waals surface area contributed by atoms with Crippen molar-refractivity contribution in [2.45, 2.75) is 64.5 Å². The first-order chi connectivity index (χ1) is 14.7. The summed E-state index contributed by atoms with van der Waals surface area (Å²) in [5, 5.41) is 16.2. The van der Waals surface area contributed by atoms with Crippen LogP contribution in [0.15, 0.2) is 29.3 Å². The van der Waals surface area contributed by atoms with Crippen LogP contribution in [0.25, 0.3) is 0 Å². The maximum absolute atomic E-state index is 9.42. The number of aliphatic imine (C=N–C) groups is 1. The van der Waals surface area contributed by atoms with Crippen LogP contribution < -0.4 is 15.5 Å². The highest BCUT2D eigenvalue weighted by Gasteiger charge is 2.34. The zero-order valence-electron chi connectivity index (χ0n) is 18.8. The van der Waals surface area contributed by atoms with Gasteiger partial charge in [-0.3, -0.25) is 0 Å². The minimum atomic E-state index is 0.0102. The SMILES string of the molecule is CCNC(=NCc1ccc(N(C)C2CCCCC2)cc1)NCC1(CCO)CCOC1. The molecule has 1 saturated carbocycles. The molecule has 1 atom stereocenters. The van der Waals surface area contributed by atoms with Gasteiger partial charge in [-0.1, -0.05) is 31.4 Å². The summed E-state index contributed by atoms with van der Waals surface area (Å²) in [6.07, 6.45) is 8.45. The number of rotatable bonds is 9. The standard InChI is InChI=1S/C24H40N4O2/c1-3-25-23(27-18-24(13-15-29)14-16-30-19-24)26-17-20-9-11-22(12-10-20)28(2)21-7-5-4-6-8-21/h9-12,21,29H,3-8,13-19H2,1-2H3,(H2,25,26,27). The fourth-order valence-corrected chi connectivity index (χ4v) is 4.61. The van der Waals surface area contributed by atoms with Gasteiger partial charge in [0.2, 0.25) is 0 Å². The highest BCUT2D eigenvalue weighted by Crippen LogP contribution is 2.31. The average molecular weight is 417 g/mol. The van der Waals surface area contributed by atoms with Gasteiger partial charge in [-0.05, 0) is 50.3 Å². The Kier molecular flexibility index (Phi) is 8.82. The van der Waals surface area contributed by atoms with Crippen LogP contribution in [0.4, 0.5) is 5.69 Å². The van der Waals surface area contributed by atoms with Gasteiger partial charge in [0.05, 0.1) is 13.2 Å². The van der Waals surface area contributed by atoms with Crippen molar-refractivity contribution in [1.29, 1.82) is 0 Å². The van der Waals surface area contributed by atoms with Crippen molar-refractivity contribution < 1.29 is 9.84 Å². The third-order valence-corrected chi connectivity index (χ3v) is 6.69. The molecule has 2 fully saturated rings. The van der Waals surface area contributed by atoms with Crippen molar-refractivity contribution in [2.75, 3.05) is 44.9 Å². The van der Waals surface area contributed by atoms with Crippen LogP contribution in [0.5, 0.6) is 0 Å². The van der Waals surface area contributed by atoms with Gasteiger partial charge in [0.15, 0.2) is 5.96 Å². The number of aliphatic hydroxyl groups excluding tert-OH is 1. The molecular formula is C24H40N4O2. The number of aliphatic hydroxyl groups is 1. The van der Waals surface area contributed by atoms with E-state index in [2.05, 4.69) is 53.8 Å². The molecule has 3 N–H and O–H groups in total. The summed E-state index contributed by atoms with van der Waals surface area (Å²) in [6.45, 7) is 5.99. The average Bonchev–Trinajstić information content (AvgIpc) is 3.25. The molecule has 0 bridgehead atoms. The van der Waals surface area contributed by atoms with Gasteiger partial charge >= 0.3 is 0 Å². The fourth-order valence-electron chi connectivity index (χ4n) is 4.61. The van der Waals surface area contributed by atoms with Gasteiger partial charge in [-0.25, -0.2) is 4.99 Å². The van der Waals surface area contributed by atoms with Crippen molar-refractivity contribution in [2.24, 2.45) is 10.4 Å². The molecule has 0 radical (unpaired) electrons. The maximum atomic E-state index is 9.42. The van der Waals surface area contributed by atoms with Gasteiger partial charge in [0.25, 0.3) is 0 Å². The van der Waals surface area contributed by atoms with Crippen molar-refractivity contribution >= 4 is 11.6 Å². The van der Waals surface area contributed by atoms with E-state index in [1.54, 1.807) is 0 Å². The first-order valence-corrected chi connectivity index (χ1v) is 11.7. The molecule has 6 nitrogen and oxygen atoms in total. The van der Waals surface area contributed by atoms with Crippen molar-refractivity contribution in [1.82, 2.24) is 10.6 Å². The molecule has 0 aromatic heterocycles. The quantitative estimate of drug-likeness (QED) is 0.426. The molecule has 0 spiro atoms. The third kappa shape index (κ3) is 6.35. The highest BCUT2D eigenvalue weighted by atomic mass is 16.5. The van der Waals surface area contributed by atoms with Crippen LogP contribution in [0, 0.1) is 5.41 Å². The Morgan fingerprint density at radius 2 is 1.97 bits per heavy atom. The monoisotopic (exact) mass is 416 g/mol. The van der Waals surface area contributed by atoms with Gasteiger partial charge in [0, 0.05) is 50.5 Å². The summed E-state index contributed by atoms with van der Waals surface area (Å²) in [5.41, 5.74) is 2.52. The normalized spacial score (nSPS) is 22.8. The summed E-state index contributed by atoms with van der Waals surface area (Å²) in [5.74, 6) is 0.824. The minimum absolute atomic E-state index is 0.0102. The molecule has 0 amide bonds. The van der Waals surface area contributed by atoms with Crippen LogP contribution in [0.2, 0.25) is 0 Å². The van der Waals surface area contributed by atoms with E-state index in [9.17, 15) is 5.11 Å². The zero-order valence-corrected chi connectivity index (χ0v) is 18.8. The number of nitrogens with one attached hydrogen (secondary N) is 2. The molecular weight excluding hydrogens is 376 g/mol. The van der Waals surface area contributed by atoms with Crippen LogP contribution >= 0.6 is 0 Å². The number of hydrogen-bond acceptors (Lipinski definition) is 4. The Morgan fingerprint density at radius 1 is 1.20 bits per heavy atom.